The van der Waals surface area contributed by atoms with Gasteiger partial charge in [-0.2, -0.15) is 0 Å². The average molecular weight is 291 g/mol. The summed E-state index contributed by atoms with van der Waals surface area (Å²) in [4.78, 5) is 25.8. The van der Waals surface area contributed by atoms with Crippen LogP contribution in [0.4, 0.5) is 0 Å². The molecule has 5 nitrogen and oxygen atoms in total. The van der Waals surface area contributed by atoms with Gasteiger partial charge < -0.3 is 14.7 Å². The third-order valence-corrected chi connectivity index (χ3v) is 3.85. The number of hydrogen-bond donors (Lipinski definition) is 1. The molecule has 0 saturated carbocycles. The molecule has 0 aliphatic carbocycles. The van der Waals surface area contributed by atoms with Gasteiger partial charge in [0.25, 0.3) is 5.91 Å². The molecule has 114 valence electrons. The molecule has 1 aliphatic rings. The van der Waals surface area contributed by atoms with Crippen molar-refractivity contribution in [2.45, 2.75) is 38.6 Å². The average Bonchev–Trinajstić information content (AvgIpc) is 2.52. The third kappa shape index (κ3) is 3.97. The Morgan fingerprint density at radius 3 is 2.67 bits per heavy atom. The summed E-state index contributed by atoms with van der Waals surface area (Å²) in [6.07, 6.45) is 4.11. The van der Waals surface area contributed by atoms with E-state index in [1.807, 2.05) is 4.90 Å². The largest absolute Gasteiger partial charge is 0.508 e. The van der Waals surface area contributed by atoms with Crippen molar-refractivity contribution in [1.82, 2.24) is 4.90 Å². The van der Waals surface area contributed by atoms with Crippen LogP contribution in [0.1, 0.15) is 43.0 Å². The molecule has 1 aromatic rings. The van der Waals surface area contributed by atoms with Gasteiger partial charge in [-0.05, 0) is 49.9 Å². The molecule has 1 saturated heterocycles. The molecular weight excluding hydrogens is 270 g/mol. The SMILES string of the molecule is CC[C@H]1CCCCN1C(=O)COC(=O)c1ccc(O)cc1. The third-order valence-electron chi connectivity index (χ3n) is 3.85. The summed E-state index contributed by atoms with van der Waals surface area (Å²) in [6, 6.07) is 6.03. The molecule has 1 fully saturated rings. The van der Waals surface area contributed by atoms with Gasteiger partial charge in [-0.15, -0.1) is 0 Å². The predicted octanol–water partition coefficient (Wildman–Crippen LogP) is 2.34. The number of hydrogen-bond acceptors (Lipinski definition) is 4. The van der Waals surface area contributed by atoms with Crippen LogP contribution in [-0.2, 0) is 9.53 Å². The van der Waals surface area contributed by atoms with Crippen LogP contribution >= 0.6 is 0 Å². The molecule has 0 radical (unpaired) electrons. The summed E-state index contributed by atoms with van der Waals surface area (Å²) < 4.78 is 5.06. The Kier molecular flexibility index (Phi) is 5.20. The number of likely N-dealkylation sites (tertiary alicyclic amines) is 1. The highest BCUT2D eigenvalue weighted by molar-refractivity contribution is 5.91. The summed E-state index contributed by atoms with van der Waals surface area (Å²) in [5, 5.41) is 9.17. The summed E-state index contributed by atoms with van der Waals surface area (Å²) >= 11 is 0. The van der Waals surface area contributed by atoms with Crippen molar-refractivity contribution in [1.29, 1.82) is 0 Å². The number of ether oxygens (including phenoxy) is 1. The molecule has 1 amide bonds. The van der Waals surface area contributed by atoms with Crippen LogP contribution in [-0.4, -0.2) is 41.1 Å². The lowest BCUT2D eigenvalue weighted by atomic mass is 10.00. The summed E-state index contributed by atoms with van der Waals surface area (Å²) in [7, 11) is 0. The van der Waals surface area contributed by atoms with Gasteiger partial charge in [0.05, 0.1) is 5.56 Å². The number of carbonyl (C=O) groups excluding carboxylic acids is 2. The molecule has 0 unspecified atom stereocenters. The van der Waals surface area contributed by atoms with E-state index >= 15 is 0 Å². The second-order valence-electron chi connectivity index (χ2n) is 5.27. The summed E-state index contributed by atoms with van der Waals surface area (Å²) in [6.45, 7) is 2.59. The lowest BCUT2D eigenvalue weighted by Crippen LogP contribution is -2.45. The number of phenolic OH excluding ortho intramolecular Hbond substituents is 1. The standard InChI is InChI=1S/C16H21NO4/c1-2-13-5-3-4-10-17(13)15(19)11-21-16(20)12-6-8-14(18)9-7-12/h6-9,13,18H,2-5,10-11H2,1H3/t13-/m0/s1. The molecule has 0 aromatic heterocycles. The van der Waals surface area contributed by atoms with Gasteiger partial charge >= 0.3 is 5.97 Å². The van der Waals surface area contributed by atoms with Crippen LogP contribution in [0.15, 0.2) is 24.3 Å². The Hall–Kier alpha value is -2.04. The minimum atomic E-state index is -0.548. The maximum absolute atomic E-state index is 12.2. The number of nitrogens with zero attached hydrogens (tertiary/aromatic N) is 1. The van der Waals surface area contributed by atoms with Gasteiger partial charge in [-0.1, -0.05) is 6.92 Å². The number of benzene rings is 1. The molecule has 5 heteroatoms. The van der Waals surface area contributed by atoms with Gasteiger partial charge in [-0.25, -0.2) is 4.79 Å². The minimum absolute atomic E-state index is 0.0849. The molecule has 21 heavy (non-hydrogen) atoms. The zero-order chi connectivity index (χ0) is 15.2. The smallest absolute Gasteiger partial charge is 0.338 e. The predicted molar refractivity (Wildman–Crippen MR) is 78.0 cm³/mol. The highest BCUT2D eigenvalue weighted by Crippen LogP contribution is 2.19. The highest BCUT2D eigenvalue weighted by Gasteiger charge is 2.25. The Morgan fingerprint density at radius 1 is 1.29 bits per heavy atom. The second kappa shape index (κ2) is 7.11. The van der Waals surface area contributed by atoms with Gasteiger partial charge in [0.2, 0.25) is 0 Å². The van der Waals surface area contributed by atoms with Crippen molar-refractivity contribution in [3.63, 3.8) is 0 Å². The van der Waals surface area contributed by atoms with E-state index < -0.39 is 5.97 Å². The minimum Gasteiger partial charge on any atom is -0.508 e. The van der Waals surface area contributed by atoms with Crippen LogP contribution < -0.4 is 0 Å². The Labute approximate surface area is 124 Å². The van der Waals surface area contributed by atoms with Crippen molar-refractivity contribution < 1.29 is 19.4 Å². The van der Waals surface area contributed by atoms with Crippen molar-refractivity contribution in [2.75, 3.05) is 13.2 Å². The maximum Gasteiger partial charge on any atom is 0.338 e. The second-order valence-corrected chi connectivity index (χ2v) is 5.27. The molecule has 0 spiro atoms. The van der Waals surface area contributed by atoms with Gasteiger partial charge in [-0.3, -0.25) is 4.79 Å². The van der Waals surface area contributed by atoms with E-state index in [0.29, 0.717) is 5.56 Å². The van der Waals surface area contributed by atoms with Crippen LogP contribution in [0, 0.1) is 0 Å². The van der Waals surface area contributed by atoms with Crippen LogP contribution in [0.25, 0.3) is 0 Å². The zero-order valence-electron chi connectivity index (χ0n) is 12.2. The van der Waals surface area contributed by atoms with Crippen molar-refractivity contribution >= 4 is 11.9 Å². The van der Waals surface area contributed by atoms with E-state index in [-0.39, 0.29) is 24.3 Å². The molecule has 0 bridgehead atoms. The van der Waals surface area contributed by atoms with E-state index in [1.165, 1.54) is 24.3 Å². The molecule has 1 heterocycles. The molecular formula is C16H21NO4. The first-order valence-electron chi connectivity index (χ1n) is 7.37. The Bertz CT molecular complexity index is 498. The first-order chi connectivity index (χ1) is 10.1. The fraction of sp³-hybridized carbons (Fsp3) is 0.500. The van der Waals surface area contributed by atoms with Gasteiger partial charge in [0.15, 0.2) is 6.61 Å². The maximum atomic E-state index is 12.2. The highest BCUT2D eigenvalue weighted by atomic mass is 16.5. The van der Waals surface area contributed by atoms with Gasteiger partial charge in [0, 0.05) is 12.6 Å². The normalized spacial score (nSPS) is 18.3. The summed E-state index contributed by atoms with van der Waals surface area (Å²) in [5.74, 6) is -0.594. The van der Waals surface area contributed by atoms with Crippen LogP contribution in [0.3, 0.4) is 0 Å². The Balaban J connectivity index is 1.88. The van der Waals surface area contributed by atoms with Crippen LogP contribution in [0.5, 0.6) is 5.75 Å². The van der Waals surface area contributed by atoms with Gasteiger partial charge in [0.1, 0.15) is 5.75 Å². The molecule has 1 aromatic carbocycles. The summed E-state index contributed by atoms with van der Waals surface area (Å²) in [5.41, 5.74) is 0.325. The Morgan fingerprint density at radius 2 is 2.00 bits per heavy atom. The monoisotopic (exact) mass is 291 g/mol. The number of piperidine rings is 1. The number of esters is 1. The first-order valence-corrected chi connectivity index (χ1v) is 7.37. The molecule has 1 N–H and O–H groups in total. The molecule has 1 aliphatic heterocycles. The fourth-order valence-electron chi connectivity index (χ4n) is 2.64. The first kappa shape index (κ1) is 15.4. The van der Waals surface area contributed by atoms with E-state index in [9.17, 15) is 14.7 Å². The van der Waals surface area contributed by atoms with E-state index in [2.05, 4.69) is 6.92 Å². The quantitative estimate of drug-likeness (QED) is 0.865. The molecule has 2 rings (SSSR count). The lowest BCUT2D eigenvalue weighted by Gasteiger charge is -2.35. The van der Waals surface area contributed by atoms with Crippen molar-refractivity contribution in [3.05, 3.63) is 29.8 Å². The van der Waals surface area contributed by atoms with E-state index in [1.54, 1.807) is 0 Å². The molecule has 1 atom stereocenters. The van der Waals surface area contributed by atoms with E-state index in [4.69, 9.17) is 4.74 Å². The fourth-order valence-corrected chi connectivity index (χ4v) is 2.64. The number of amides is 1. The van der Waals surface area contributed by atoms with Crippen molar-refractivity contribution in [2.24, 2.45) is 0 Å². The van der Waals surface area contributed by atoms with E-state index in [0.717, 1.165) is 32.2 Å². The zero-order valence-corrected chi connectivity index (χ0v) is 12.2. The number of carbonyl (C=O) groups is 2. The van der Waals surface area contributed by atoms with Crippen molar-refractivity contribution in [3.8, 4) is 5.75 Å². The number of rotatable bonds is 4. The topological polar surface area (TPSA) is 66.8 Å². The number of aromatic hydroxyl groups is 1. The lowest BCUT2D eigenvalue weighted by molar-refractivity contribution is -0.138. The van der Waals surface area contributed by atoms with Crippen LogP contribution in [0.2, 0.25) is 0 Å². The number of phenols is 1.